The number of aryl methyl sites for hydroxylation is 1. The van der Waals surface area contributed by atoms with Gasteiger partial charge in [-0.15, -0.1) is 0 Å². The standard InChI is InChI=1S/C13H19NO/c1-11-10-15-13(9-14-11)8-7-12-5-3-2-4-6-12/h2-6,11,13-14H,7-10H2,1H3. The molecule has 2 atom stereocenters. The Morgan fingerprint density at radius 3 is 2.80 bits per heavy atom. The topological polar surface area (TPSA) is 21.3 Å². The predicted octanol–water partition coefficient (Wildman–Crippen LogP) is 2.00. The third-order valence-corrected chi connectivity index (χ3v) is 2.87. The lowest BCUT2D eigenvalue weighted by molar-refractivity contribution is 0.00396. The minimum Gasteiger partial charge on any atom is -0.375 e. The minimum absolute atomic E-state index is 0.390. The number of morpholine rings is 1. The summed E-state index contributed by atoms with van der Waals surface area (Å²) in [7, 11) is 0. The number of benzene rings is 1. The highest BCUT2D eigenvalue weighted by atomic mass is 16.5. The zero-order valence-electron chi connectivity index (χ0n) is 9.28. The van der Waals surface area contributed by atoms with Gasteiger partial charge in [0.15, 0.2) is 0 Å². The first-order valence-corrected chi connectivity index (χ1v) is 5.73. The van der Waals surface area contributed by atoms with E-state index in [1.54, 1.807) is 0 Å². The van der Waals surface area contributed by atoms with E-state index in [-0.39, 0.29) is 0 Å². The van der Waals surface area contributed by atoms with Gasteiger partial charge in [0.05, 0.1) is 12.7 Å². The van der Waals surface area contributed by atoms with Crippen LogP contribution in [-0.4, -0.2) is 25.3 Å². The van der Waals surface area contributed by atoms with Crippen LogP contribution in [0.3, 0.4) is 0 Å². The normalized spacial score (nSPS) is 26.5. The molecule has 2 rings (SSSR count). The number of nitrogens with one attached hydrogen (secondary N) is 1. The van der Waals surface area contributed by atoms with Crippen molar-refractivity contribution in [2.75, 3.05) is 13.2 Å². The quantitative estimate of drug-likeness (QED) is 0.815. The van der Waals surface area contributed by atoms with Gasteiger partial charge in [-0.1, -0.05) is 30.3 Å². The number of hydrogen-bond acceptors (Lipinski definition) is 2. The lowest BCUT2D eigenvalue weighted by Gasteiger charge is -2.28. The Hall–Kier alpha value is -0.860. The Morgan fingerprint density at radius 1 is 1.33 bits per heavy atom. The second-order valence-electron chi connectivity index (χ2n) is 4.29. The van der Waals surface area contributed by atoms with Crippen LogP contribution in [-0.2, 0) is 11.2 Å². The SMILES string of the molecule is CC1COC(CCc2ccccc2)CN1. The molecule has 1 saturated heterocycles. The van der Waals surface area contributed by atoms with Gasteiger partial charge in [0.1, 0.15) is 0 Å². The molecule has 2 unspecified atom stereocenters. The average molecular weight is 205 g/mol. The molecular formula is C13H19NO. The van der Waals surface area contributed by atoms with Crippen molar-refractivity contribution in [1.29, 1.82) is 0 Å². The van der Waals surface area contributed by atoms with E-state index in [4.69, 9.17) is 4.74 Å². The maximum atomic E-state index is 5.75. The molecule has 15 heavy (non-hydrogen) atoms. The molecule has 1 heterocycles. The molecular weight excluding hydrogens is 186 g/mol. The van der Waals surface area contributed by atoms with E-state index in [0.717, 1.165) is 26.0 Å². The summed E-state index contributed by atoms with van der Waals surface area (Å²) in [6.07, 6.45) is 2.62. The smallest absolute Gasteiger partial charge is 0.0703 e. The van der Waals surface area contributed by atoms with Crippen LogP contribution in [0.5, 0.6) is 0 Å². The summed E-state index contributed by atoms with van der Waals surface area (Å²) >= 11 is 0. The van der Waals surface area contributed by atoms with E-state index in [1.165, 1.54) is 5.56 Å². The minimum atomic E-state index is 0.390. The molecule has 2 nitrogen and oxygen atoms in total. The summed E-state index contributed by atoms with van der Waals surface area (Å²) in [5.41, 5.74) is 1.40. The van der Waals surface area contributed by atoms with Crippen LogP contribution < -0.4 is 5.32 Å². The van der Waals surface area contributed by atoms with E-state index in [2.05, 4.69) is 42.6 Å². The molecule has 82 valence electrons. The highest BCUT2D eigenvalue weighted by Crippen LogP contribution is 2.10. The Labute approximate surface area is 91.6 Å². The van der Waals surface area contributed by atoms with E-state index < -0.39 is 0 Å². The van der Waals surface area contributed by atoms with E-state index in [1.807, 2.05) is 0 Å². The van der Waals surface area contributed by atoms with Crippen molar-refractivity contribution in [3.8, 4) is 0 Å². The Bertz CT molecular complexity index is 278. The zero-order chi connectivity index (χ0) is 10.5. The van der Waals surface area contributed by atoms with Gasteiger partial charge in [-0.2, -0.15) is 0 Å². The van der Waals surface area contributed by atoms with Gasteiger partial charge < -0.3 is 10.1 Å². The molecule has 1 aromatic rings. The van der Waals surface area contributed by atoms with Gasteiger partial charge in [0, 0.05) is 12.6 Å². The molecule has 1 aromatic carbocycles. The summed E-state index contributed by atoms with van der Waals surface area (Å²) in [5.74, 6) is 0. The fraction of sp³-hybridized carbons (Fsp3) is 0.538. The number of rotatable bonds is 3. The monoisotopic (exact) mass is 205 g/mol. The summed E-state index contributed by atoms with van der Waals surface area (Å²) in [5, 5.41) is 3.44. The van der Waals surface area contributed by atoms with Crippen molar-refractivity contribution < 1.29 is 4.74 Å². The van der Waals surface area contributed by atoms with Gasteiger partial charge >= 0.3 is 0 Å². The van der Waals surface area contributed by atoms with Gasteiger partial charge in [0.2, 0.25) is 0 Å². The second kappa shape index (κ2) is 5.29. The molecule has 0 aliphatic carbocycles. The van der Waals surface area contributed by atoms with Crippen molar-refractivity contribution in [3.63, 3.8) is 0 Å². The maximum Gasteiger partial charge on any atom is 0.0703 e. The van der Waals surface area contributed by atoms with Crippen molar-refractivity contribution in [3.05, 3.63) is 35.9 Å². The highest BCUT2D eigenvalue weighted by Gasteiger charge is 2.17. The first-order chi connectivity index (χ1) is 7.34. The van der Waals surface area contributed by atoms with Crippen molar-refractivity contribution >= 4 is 0 Å². The second-order valence-corrected chi connectivity index (χ2v) is 4.29. The van der Waals surface area contributed by atoms with Gasteiger partial charge in [-0.3, -0.25) is 0 Å². The number of ether oxygens (including phenoxy) is 1. The fourth-order valence-electron chi connectivity index (χ4n) is 1.89. The molecule has 1 aliphatic rings. The molecule has 0 spiro atoms. The largest absolute Gasteiger partial charge is 0.375 e. The van der Waals surface area contributed by atoms with Crippen molar-refractivity contribution in [2.45, 2.75) is 31.9 Å². The Kier molecular flexibility index (Phi) is 3.75. The molecule has 0 amide bonds. The molecule has 1 fully saturated rings. The molecule has 0 bridgehead atoms. The van der Waals surface area contributed by atoms with Crippen LogP contribution in [0, 0.1) is 0 Å². The average Bonchev–Trinajstić information content (AvgIpc) is 2.30. The van der Waals surface area contributed by atoms with Crippen LogP contribution in [0.4, 0.5) is 0 Å². The van der Waals surface area contributed by atoms with E-state index in [0.29, 0.717) is 12.1 Å². The molecule has 1 aliphatic heterocycles. The maximum absolute atomic E-state index is 5.75. The van der Waals surface area contributed by atoms with E-state index >= 15 is 0 Å². The first-order valence-electron chi connectivity index (χ1n) is 5.73. The Balaban J connectivity index is 1.74. The third-order valence-electron chi connectivity index (χ3n) is 2.87. The van der Waals surface area contributed by atoms with Crippen LogP contribution in [0.15, 0.2) is 30.3 Å². The highest BCUT2D eigenvalue weighted by molar-refractivity contribution is 5.14. The van der Waals surface area contributed by atoms with Gasteiger partial charge in [0.25, 0.3) is 0 Å². The van der Waals surface area contributed by atoms with E-state index in [9.17, 15) is 0 Å². The molecule has 1 N–H and O–H groups in total. The van der Waals surface area contributed by atoms with Gasteiger partial charge in [-0.25, -0.2) is 0 Å². The predicted molar refractivity (Wildman–Crippen MR) is 62.0 cm³/mol. The summed E-state index contributed by atoms with van der Waals surface area (Å²) in [6.45, 7) is 4.00. The first kappa shape index (κ1) is 10.7. The summed E-state index contributed by atoms with van der Waals surface area (Å²) < 4.78 is 5.75. The van der Waals surface area contributed by atoms with Crippen LogP contribution in [0.2, 0.25) is 0 Å². The number of hydrogen-bond donors (Lipinski definition) is 1. The molecule has 0 aromatic heterocycles. The van der Waals surface area contributed by atoms with Gasteiger partial charge in [-0.05, 0) is 25.3 Å². The third kappa shape index (κ3) is 3.33. The lowest BCUT2D eigenvalue weighted by Crippen LogP contribution is -2.44. The molecule has 0 saturated carbocycles. The van der Waals surface area contributed by atoms with Crippen molar-refractivity contribution in [2.24, 2.45) is 0 Å². The van der Waals surface area contributed by atoms with Crippen molar-refractivity contribution in [1.82, 2.24) is 5.32 Å². The van der Waals surface area contributed by atoms with Crippen LogP contribution >= 0.6 is 0 Å². The zero-order valence-corrected chi connectivity index (χ0v) is 9.28. The summed E-state index contributed by atoms with van der Waals surface area (Å²) in [4.78, 5) is 0. The van der Waals surface area contributed by atoms with Crippen LogP contribution in [0.1, 0.15) is 18.9 Å². The lowest BCUT2D eigenvalue weighted by atomic mass is 10.1. The fourth-order valence-corrected chi connectivity index (χ4v) is 1.89. The molecule has 2 heteroatoms. The van der Waals surface area contributed by atoms with Crippen LogP contribution in [0.25, 0.3) is 0 Å². The summed E-state index contributed by atoms with van der Waals surface area (Å²) in [6, 6.07) is 11.1. The molecule has 0 radical (unpaired) electrons. The Morgan fingerprint density at radius 2 is 2.13 bits per heavy atom.